The highest BCUT2D eigenvalue weighted by atomic mass is 35.5. The summed E-state index contributed by atoms with van der Waals surface area (Å²) in [6.07, 6.45) is 1.04. The normalized spacial score (nSPS) is 12.4. The van der Waals surface area contributed by atoms with Crippen LogP contribution in [0.3, 0.4) is 0 Å². The van der Waals surface area contributed by atoms with E-state index in [9.17, 15) is 9.18 Å². The Morgan fingerprint density at radius 1 is 1.41 bits per heavy atom. The number of hydrogen-bond donors (Lipinski definition) is 1. The fraction of sp³-hybridized carbons (Fsp3) is 0.462. The van der Waals surface area contributed by atoms with Crippen molar-refractivity contribution in [3.8, 4) is 0 Å². The predicted molar refractivity (Wildman–Crippen MR) is 68.2 cm³/mol. The summed E-state index contributed by atoms with van der Waals surface area (Å²) in [5.41, 5.74) is 1.04. The minimum Gasteiger partial charge on any atom is -0.307 e. The first-order chi connectivity index (χ1) is 8.13. The van der Waals surface area contributed by atoms with Crippen molar-refractivity contribution in [3.05, 3.63) is 34.9 Å². The van der Waals surface area contributed by atoms with Crippen molar-refractivity contribution in [2.24, 2.45) is 0 Å². The average molecular weight is 258 g/mol. The van der Waals surface area contributed by atoms with Gasteiger partial charge in [-0.05, 0) is 44.0 Å². The predicted octanol–water partition coefficient (Wildman–Crippen LogP) is 2.79. The molecule has 1 aromatic rings. The van der Waals surface area contributed by atoms with E-state index in [0.29, 0.717) is 24.4 Å². The molecular formula is C13H17ClFNO. The summed E-state index contributed by atoms with van der Waals surface area (Å²) in [6, 6.07) is 7.15. The molecule has 94 valence electrons. The molecule has 0 aliphatic heterocycles. The van der Waals surface area contributed by atoms with Gasteiger partial charge in [0.25, 0.3) is 0 Å². The molecule has 0 aliphatic rings. The third kappa shape index (κ3) is 5.29. The summed E-state index contributed by atoms with van der Waals surface area (Å²) in [7, 11) is 0. The SMILES string of the molecule is CC(=O)[C@@H](Cc1ccc(Cl)cc1)NCCCF. The highest BCUT2D eigenvalue weighted by Gasteiger charge is 2.13. The number of ketones is 1. The lowest BCUT2D eigenvalue weighted by Crippen LogP contribution is -2.38. The zero-order valence-corrected chi connectivity index (χ0v) is 10.6. The van der Waals surface area contributed by atoms with Crippen molar-refractivity contribution in [1.82, 2.24) is 5.32 Å². The Morgan fingerprint density at radius 3 is 2.59 bits per heavy atom. The van der Waals surface area contributed by atoms with Crippen molar-refractivity contribution in [3.63, 3.8) is 0 Å². The molecule has 1 atom stereocenters. The van der Waals surface area contributed by atoms with Crippen LogP contribution in [0, 0.1) is 0 Å². The number of benzene rings is 1. The molecule has 0 saturated carbocycles. The van der Waals surface area contributed by atoms with Gasteiger partial charge in [-0.1, -0.05) is 23.7 Å². The first-order valence-electron chi connectivity index (χ1n) is 5.67. The molecule has 0 fully saturated rings. The summed E-state index contributed by atoms with van der Waals surface area (Å²) in [6.45, 7) is 1.70. The summed E-state index contributed by atoms with van der Waals surface area (Å²) in [5.74, 6) is 0.0683. The van der Waals surface area contributed by atoms with E-state index in [4.69, 9.17) is 11.6 Å². The number of rotatable bonds is 7. The van der Waals surface area contributed by atoms with Gasteiger partial charge in [-0.15, -0.1) is 0 Å². The minimum absolute atomic E-state index is 0.0683. The Hall–Kier alpha value is -0.930. The maximum absolute atomic E-state index is 12.0. The van der Waals surface area contributed by atoms with Crippen LogP contribution in [0.4, 0.5) is 4.39 Å². The van der Waals surface area contributed by atoms with Crippen LogP contribution in [0.2, 0.25) is 5.02 Å². The molecule has 0 aliphatic carbocycles. The van der Waals surface area contributed by atoms with Crippen LogP contribution in [0.5, 0.6) is 0 Å². The van der Waals surface area contributed by atoms with E-state index in [1.165, 1.54) is 0 Å². The van der Waals surface area contributed by atoms with E-state index in [-0.39, 0.29) is 18.5 Å². The van der Waals surface area contributed by atoms with Crippen LogP contribution in [0.1, 0.15) is 18.9 Å². The molecule has 4 heteroatoms. The molecule has 2 nitrogen and oxygen atoms in total. The molecule has 0 heterocycles. The van der Waals surface area contributed by atoms with Gasteiger partial charge in [0.1, 0.15) is 5.78 Å². The largest absolute Gasteiger partial charge is 0.307 e. The smallest absolute Gasteiger partial charge is 0.147 e. The molecule has 0 bridgehead atoms. The van der Waals surface area contributed by atoms with Crippen molar-refractivity contribution < 1.29 is 9.18 Å². The van der Waals surface area contributed by atoms with Crippen molar-refractivity contribution in [1.29, 1.82) is 0 Å². The van der Waals surface area contributed by atoms with E-state index < -0.39 is 0 Å². The van der Waals surface area contributed by atoms with Crippen LogP contribution >= 0.6 is 11.6 Å². The molecule has 0 radical (unpaired) electrons. The Morgan fingerprint density at radius 2 is 2.06 bits per heavy atom. The second-order valence-corrected chi connectivity index (χ2v) is 4.43. The van der Waals surface area contributed by atoms with E-state index in [1.54, 1.807) is 19.1 Å². The lowest BCUT2D eigenvalue weighted by atomic mass is 10.0. The van der Waals surface area contributed by atoms with Crippen LogP contribution in [0.15, 0.2) is 24.3 Å². The minimum atomic E-state index is -0.363. The number of nitrogens with one attached hydrogen (secondary N) is 1. The van der Waals surface area contributed by atoms with Crippen molar-refractivity contribution in [2.45, 2.75) is 25.8 Å². The summed E-state index contributed by atoms with van der Waals surface area (Å²) < 4.78 is 12.0. The topological polar surface area (TPSA) is 29.1 Å². The van der Waals surface area contributed by atoms with Gasteiger partial charge in [-0.25, -0.2) is 0 Å². The number of alkyl halides is 1. The molecule has 1 N–H and O–H groups in total. The lowest BCUT2D eigenvalue weighted by Gasteiger charge is -2.15. The molecular weight excluding hydrogens is 241 g/mol. The molecule has 1 aromatic carbocycles. The lowest BCUT2D eigenvalue weighted by molar-refractivity contribution is -0.118. The van der Waals surface area contributed by atoms with Crippen molar-refractivity contribution in [2.75, 3.05) is 13.2 Å². The van der Waals surface area contributed by atoms with Gasteiger partial charge < -0.3 is 5.32 Å². The van der Waals surface area contributed by atoms with Gasteiger partial charge >= 0.3 is 0 Å². The second kappa shape index (κ2) is 7.41. The van der Waals surface area contributed by atoms with Gasteiger partial charge in [-0.3, -0.25) is 9.18 Å². The van der Waals surface area contributed by atoms with Gasteiger partial charge in [0.2, 0.25) is 0 Å². The van der Waals surface area contributed by atoms with E-state index in [0.717, 1.165) is 5.56 Å². The molecule has 17 heavy (non-hydrogen) atoms. The van der Waals surface area contributed by atoms with E-state index in [2.05, 4.69) is 5.32 Å². The number of carbonyl (C=O) groups excluding carboxylic acids is 1. The molecule has 0 unspecified atom stereocenters. The van der Waals surface area contributed by atoms with Gasteiger partial charge in [0.05, 0.1) is 12.7 Å². The monoisotopic (exact) mass is 257 g/mol. The molecule has 1 rings (SSSR count). The van der Waals surface area contributed by atoms with Gasteiger partial charge in [0, 0.05) is 5.02 Å². The zero-order valence-electron chi connectivity index (χ0n) is 9.88. The molecule has 0 amide bonds. The second-order valence-electron chi connectivity index (χ2n) is 3.99. The Kier molecular flexibility index (Phi) is 6.16. The highest BCUT2D eigenvalue weighted by Crippen LogP contribution is 2.11. The Labute approximate surface area is 106 Å². The summed E-state index contributed by atoms with van der Waals surface area (Å²) in [5, 5.41) is 3.74. The summed E-state index contributed by atoms with van der Waals surface area (Å²) >= 11 is 5.79. The maximum Gasteiger partial charge on any atom is 0.147 e. The standard InChI is InChI=1S/C13H17ClFNO/c1-10(17)13(16-8-2-7-15)9-11-3-5-12(14)6-4-11/h3-6,13,16H,2,7-9H2,1H3/t13-/m1/s1. The zero-order chi connectivity index (χ0) is 12.7. The van der Waals surface area contributed by atoms with Crippen LogP contribution in [-0.4, -0.2) is 25.0 Å². The first kappa shape index (κ1) is 14.1. The number of halogens is 2. The fourth-order valence-electron chi connectivity index (χ4n) is 1.56. The molecule has 0 spiro atoms. The van der Waals surface area contributed by atoms with Crippen LogP contribution < -0.4 is 5.32 Å². The third-order valence-corrected chi connectivity index (χ3v) is 2.80. The molecule has 0 saturated heterocycles. The quantitative estimate of drug-likeness (QED) is 0.761. The fourth-order valence-corrected chi connectivity index (χ4v) is 1.68. The number of hydrogen-bond acceptors (Lipinski definition) is 2. The Bertz CT molecular complexity index is 353. The van der Waals surface area contributed by atoms with Gasteiger partial charge in [-0.2, -0.15) is 0 Å². The van der Waals surface area contributed by atoms with Gasteiger partial charge in [0.15, 0.2) is 0 Å². The van der Waals surface area contributed by atoms with E-state index >= 15 is 0 Å². The maximum atomic E-state index is 12.0. The van der Waals surface area contributed by atoms with Crippen LogP contribution in [-0.2, 0) is 11.2 Å². The number of carbonyl (C=O) groups is 1. The van der Waals surface area contributed by atoms with Crippen molar-refractivity contribution >= 4 is 17.4 Å². The summed E-state index contributed by atoms with van der Waals surface area (Å²) in [4.78, 5) is 11.4. The average Bonchev–Trinajstić information content (AvgIpc) is 2.30. The molecule has 0 aromatic heterocycles. The number of Topliss-reactive ketones (excluding diaryl/α,β-unsaturated/α-hetero) is 1. The Balaban J connectivity index is 2.54. The first-order valence-corrected chi connectivity index (χ1v) is 6.05. The van der Waals surface area contributed by atoms with Crippen LogP contribution in [0.25, 0.3) is 0 Å². The third-order valence-electron chi connectivity index (χ3n) is 2.54. The van der Waals surface area contributed by atoms with E-state index in [1.807, 2.05) is 12.1 Å². The highest BCUT2D eigenvalue weighted by molar-refractivity contribution is 6.30.